The first-order chi connectivity index (χ1) is 12.8. The Balaban J connectivity index is 1.87. The molecule has 8 heteroatoms. The second kappa shape index (κ2) is 7.92. The van der Waals surface area contributed by atoms with Crippen molar-refractivity contribution in [2.24, 2.45) is 0 Å². The lowest BCUT2D eigenvalue weighted by Gasteiger charge is -2.32. The number of benzene rings is 2. The van der Waals surface area contributed by atoms with Crippen LogP contribution in [0, 0.1) is 0 Å². The van der Waals surface area contributed by atoms with Gasteiger partial charge in [0.05, 0.1) is 17.7 Å². The number of hydrogen-bond donors (Lipinski definition) is 1. The van der Waals surface area contributed by atoms with Crippen molar-refractivity contribution in [1.82, 2.24) is 4.72 Å². The Kier molecular flexibility index (Phi) is 5.78. The maximum atomic E-state index is 12.8. The van der Waals surface area contributed by atoms with E-state index in [4.69, 9.17) is 4.74 Å². The molecule has 1 aliphatic rings. The van der Waals surface area contributed by atoms with Crippen LogP contribution in [0.5, 0.6) is 5.75 Å². The normalized spacial score (nSPS) is 16.7. The van der Waals surface area contributed by atoms with Crippen molar-refractivity contribution in [3.05, 3.63) is 48.0 Å². The number of fused-ring (bicyclic) bond motifs is 1. The molecule has 0 saturated heterocycles. The van der Waals surface area contributed by atoms with Crippen LogP contribution in [0.2, 0.25) is 0 Å². The summed E-state index contributed by atoms with van der Waals surface area (Å²) in [5.41, 5.74) is 1.39. The highest BCUT2D eigenvalue weighted by atomic mass is 32.2. The van der Waals surface area contributed by atoms with Crippen molar-refractivity contribution in [3.63, 3.8) is 0 Å². The molecule has 3 rings (SSSR count). The third-order valence-corrected chi connectivity index (χ3v) is 6.87. The quantitative estimate of drug-likeness (QED) is 0.826. The van der Waals surface area contributed by atoms with Gasteiger partial charge in [-0.15, -0.1) is 11.8 Å². The van der Waals surface area contributed by atoms with Crippen molar-refractivity contribution in [3.8, 4) is 5.75 Å². The molecule has 1 N–H and O–H groups in total. The van der Waals surface area contributed by atoms with Crippen LogP contribution in [0.1, 0.15) is 19.4 Å². The van der Waals surface area contributed by atoms with Crippen molar-refractivity contribution in [2.75, 3.05) is 18.6 Å². The summed E-state index contributed by atoms with van der Waals surface area (Å²) in [6.45, 7) is 4.22. The third kappa shape index (κ3) is 4.28. The fraction of sp³-hybridized carbons (Fsp3) is 0.316. The Bertz CT molecular complexity index is 960. The molecule has 144 valence electrons. The van der Waals surface area contributed by atoms with Crippen LogP contribution >= 0.6 is 11.8 Å². The van der Waals surface area contributed by atoms with E-state index < -0.39 is 10.0 Å². The summed E-state index contributed by atoms with van der Waals surface area (Å²) in [6.07, 6.45) is 0. The number of thioether (sulfide) groups is 1. The molecule has 2 aromatic rings. The van der Waals surface area contributed by atoms with Gasteiger partial charge in [-0.05, 0) is 24.3 Å². The minimum absolute atomic E-state index is 0.0973. The summed E-state index contributed by atoms with van der Waals surface area (Å²) in [5.74, 6) is 0.527. The first-order valence-corrected chi connectivity index (χ1v) is 10.9. The number of anilines is 1. The molecular weight excluding hydrogens is 384 g/mol. The molecule has 6 nitrogen and oxygen atoms in total. The fourth-order valence-electron chi connectivity index (χ4n) is 2.99. The highest BCUT2D eigenvalue weighted by molar-refractivity contribution is 8.00. The van der Waals surface area contributed by atoms with E-state index in [0.29, 0.717) is 18.0 Å². The number of ether oxygens (including phenoxy) is 1. The van der Waals surface area contributed by atoms with Gasteiger partial charge in [0.1, 0.15) is 5.75 Å². The van der Waals surface area contributed by atoms with Gasteiger partial charge in [0.2, 0.25) is 15.9 Å². The molecule has 1 atom stereocenters. The molecular formula is C19H22N2O4S2. The summed E-state index contributed by atoms with van der Waals surface area (Å²) < 4.78 is 33.4. The van der Waals surface area contributed by atoms with Crippen molar-refractivity contribution < 1.29 is 17.9 Å². The number of methoxy groups -OCH3 is 1. The van der Waals surface area contributed by atoms with E-state index >= 15 is 0 Å². The molecule has 1 aliphatic heterocycles. The summed E-state index contributed by atoms with van der Waals surface area (Å²) in [5, 5.41) is 0.257. The minimum atomic E-state index is -3.73. The molecule has 0 aromatic heterocycles. The predicted molar refractivity (Wildman–Crippen MR) is 107 cm³/mol. The zero-order valence-corrected chi connectivity index (χ0v) is 17.1. The Morgan fingerprint density at radius 2 is 2.04 bits per heavy atom. The van der Waals surface area contributed by atoms with Crippen LogP contribution in [0.15, 0.2) is 52.3 Å². The third-order valence-electron chi connectivity index (χ3n) is 4.32. The first kappa shape index (κ1) is 19.7. The molecule has 2 aromatic carbocycles. The van der Waals surface area contributed by atoms with Crippen molar-refractivity contribution in [2.45, 2.75) is 35.4 Å². The average molecular weight is 407 g/mol. The van der Waals surface area contributed by atoms with Gasteiger partial charge in [-0.3, -0.25) is 4.79 Å². The number of nitrogens with one attached hydrogen (secondary N) is 1. The van der Waals surface area contributed by atoms with Crippen molar-refractivity contribution >= 4 is 33.4 Å². The van der Waals surface area contributed by atoms with Gasteiger partial charge in [-0.2, -0.15) is 0 Å². The molecule has 1 heterocycles. The maximum Gasteiger partial charge on any atom is 0.240 e. The van der Waals surface area contributed by atoms with Crippen LogP contribution in [0.4, 0.5) is 5.69 Å². The molecule has 0 bridgehead atoms. The molecule has 0 spiro atoms. The lowest BCUT2D eigenvalue weighted by Crippen LogP contribution is -2.37. The van der Waals surface area contributed by atoms with E-state index in [1.807, 2.05) is 25.1 Å². The number of nitrogens with zero attached hydrogens (tertiary/aromatic N) is 1. The monoisotopic (exact) mass is 406 g/mol. The lowest BCUT2D eigenvalue weighted by molar-refractivity contribution is -0.116. The molecule has 0 radical (unpaired) electrons. The summed E-state index contributed by atoms with van der Waals surface area (Å²) in [4.78, 5) is 14.7. The lowest BCUT2D eigenvalue weighted by atomic mass is 10.2. The van der Waals surface area contributed by atoms with Gasteiger partial charge in [0.15, 0.2) is 0 Å². The van der Waals surface area contributed by atoms with Crippen molar-refractivity contribution in [1.29, 1.82) is 0 Å². The van der Waals surface area contributed by atoms with Gasteiger partial charge in [0.25, 0.3) is 0 Å². The molecule has 27 heavy (non-hydrogen) atoms. The van der Waals surface area contributed by atoms with Crippen LogP contribution < -0.4 is 14.4 Å². The van der Waals surface area contributed by atoms with Crippen LogP contribution in [0.25, 0.3) is 0 Å². The highest BCUT2D eigenvalue weighted by Gasteiger charge is 2.27. The van der Waals surface area contributed by atoms with E-state index in [1.54, 1.807) is 48.0 Å². The summed E-state index contributed by atoms with van der Waals surface area (Å²) in [6, 6.07) is 12.2. The Labute approximate surface area is 164 Å². The molecule has 0 fully saturated rings. The number of hydrogen-bond acceptors (Lipinski definition) is 5. The second-order valence-corrected chi connectivity index (χ2v) is 9.57. The smallest absolute Gasteiger partial charge is 0.240 e. The number of rotatable bonds is 5. The zero-order valence-electron chi connectivity index (χ0n) is 15.4. The molecule has 1 amide bonds. The standard InChI is InChI=1S/C19H22N2O4S2/c1-13-12-21(14(2)22)17-10-16(8-9-19(17)26-13)27(23,24)20-11-15-6-4-5-7-18(15)25-3/h4-10,13,20H,11-12H2,1-3H3/t13-/m1/s1. The van der Waals surface area contributed by atoms with Crippen LogP contribution in [-0.2, 0) is 21.4 Å². The Hall–Kier alpha value is -2.03. The topological polar surface area (TPSA) is 75.7 Å². The minimum Gasteiger partial charge on any atom is -0.496 e. The Morgan fingerprint density at radius 3 is 2.74 bits per heavy atom. The van der Waals surface area contributed by atoms with E-state index in [-0.39, 0.29) is 22.6 Å². The predicted octanol–water partition coefficient (Wildman–Crippen LogP) is 3.02. The molecule has 0 saturated carbocycles. The zero-order chi connectivity index (χ0) is 19.6. The van der Waals surface area contributed by atoms with E-state index in [1.165, 1.54) is 6.92 Å². The van der Waals surface area contributed by atoms with Crippen LogP contribution in [-0.4, -0.2) is 33.2 Å². The van der Waals surface area contributed by atoms with E-state index in [2.05, 4.69) is 4.72 Å². The number of amides is 1. The maximum absolute atomic E-state index is 12.8. The second-order valence-electron chi connectivity index (χ2n) is 6.32. The van der Waals surface area contributed by atoms with Gasteiger partial charge in [0, 0.05) is 35.7 Å². The van der Waals surface area contributed by atoms with Gasteiger partial charge >= 0.3 is 0 Å². The van der Waals surface area contributed by atoms with Gasteiger partial charge in [-0.1, -0.05) is 25.1 Å². The highest BCUT2D eigenvalue weighted by Crippen LogP contribution is 2.39. The summed E-state index contributed by atoms with van der Waals surface area (Å²) >= 11 is 1.64. The largest absolute Gasteiger partial charge is 0.496 e. The number of carbonyl (C=O) groups excluding carboxylic acids is 1. The van der Waals surface area contributed by atoms with Crippen LogP contribution in [0.3, 0.4) is 0 Å². The summed E-state index contributed by atoms with van der Waals surface area (Å²) in [7, 11) is -2.18. The fourth-order valence-corrected chi connectivity index (χ4v) is 5.11. The number of sulfonamides is 1. The van der Waals surface area contributed by atoms with E-state index in [0.717, 1.165) is 10.5 Å². The van der Waals surface area contributed by atoms with Gasteiger partial charge < -0.3 is 9.64 Å². The Morgan fingerprint density at radius 1 is 1.30 bits per heavy atom. The average Bonchev–Trinajstić information content (AvgIpc) is 2.65. The first-order valence-electron chi connectivity index (χ1n) is 8.52. The number of carbonyl (C=O) groups is 1. The van der Waals surface area contributed by atoms with E-state index in [9.17, 15) is 13.2 Å². The van der Waals surface area contributed by atoms with Gasteiger partial charge in [-0.25, -0.2) is 13.1 Å². The molecule has 0 unspecified atom stereocenters. The number of para-hydroxylation sites is 1. The SMILES string of the molecule is COc1ccccc1CNS(=O)(=O)c1ccc2c(c1)N(C(C)=O)C[C@@H](C)S2. The molecule has 0 aliphatic carbocycles.